The van der Waals surface area contributed by atoms with E-state index in [1.807, 2.05) is 36.4 Å². The summed E-state index contributed by atoms with van der Waals surface area (Å²) in [6.07, 6.45) is 4.19. The molecular formula is C20H28IN5O2. The minimum atomic E-state index is 0. The van der Waals surface area contributed by atoms with Crippen LogP contribution in [0.1, 0.15) is 15.9 Å². The molecule has 2 N–H and O–H groups in total. The lowest BCUT2D eigenvalue weighted by atomic mass is 10.1. The summed E-state index contributed by atoms with van der Waals surface area (Å²) in [5, 5.41) is 6.47. The van der Waals surface area contributed by atoms with Gasteiger partial charge >= 0.3 is 0 Å². The lowest BCUT2D eigenvalue weighted by Crippen LogP contribution is -2.40. The van der Waals surface area contributed by atoms with Gasteiger partial charge in [0, 0.05) is 39.4 Å². The average Bonchev–Trinajstić information content (AvgIpc) is 2.70. The third kappa shape index (κ3) is 8.12. The number of carbonyl (C=O) groups is 1. The van der Waals surface area contributed by atoms with Gasteiger partial charge in [-0.2, -0.15) is 0 Å². The summed E-state index contributed by atoms with van der Waals surface area (Å²) in [5.41, 5.74) is 1.80. The van der Waals surface area contributed by atoms with E-state index < -0.39 is 0 Å². The number of nitrogens with one attached hydrogen (secondary N) is 2. The van der Waals surface area contributed by atoms with Crippen LogP contribution in [0.3, 0.4) is 0 Å². The molecule has 8 heteroatoms. The third-order valence-electron chi connectivity index (χ3n) is 3.81. The molecule has 0 saturated carbocycles. The Kier molecular flexibility index (Phi) is 10.9. The van der Waals surface area contributed by atoms with Crippen molar-refractivity contribution in [2.45, 2.75) is 6.42 Å². The third-order valence-corrected chi connectivity index (χ3v) is 3.81. The normalized spacial score (nSPS) is 10.6. The van der Waals surface area contributed by atoms with Gasteiger partial charge < -0.3 is 20.3 Å². The summed E-state index contributed by atoms with van der Waals surface area (Å²) in [6, 6.07) is 11.4. The number of amides is 1. The van der Waals surface area contributed by atoms with Crippen molar-refractivity contribution in [2.24, 2.45) is 4.99 Å². The molecule has 2 rings (SSSR count). The molecule has 0 bridgehead atoms. The topological polar surface area (TPSA) is 78.9 Å². The number of nitrogens with zero attached hydrogens (tertiary/aromatic N) is 3. The maximum absolute atomic E-state index is 12.0. The van der Waals surface area contributed by atoms with Crippen LogP contribution in [0.25, 0.3) is 0 Å². The zero-order valence-corrected chi connectivity index (χ0v) is 18.8. The molecule has 0 radical (unpaired) electrons. The molecule has 0 atom stereocenters. The fourth-order valence-corrected chi connectivity index (χ4v) is 2.43. The number of benzene rings is 1. The quantitative estimate of drug-likeness (QED) is 0.253. The minimum absolute atomic E-state index is 0. The first-order valence-corrected chi connectivity index (χ1v) is 8.88. The molecule has 0 aliphatic heterocycles. The smallest absolute Gasteiger partial charge is 0.253 e. The lowest BCUT2D eigenvalue weighted by molar-refractivity contribution is 0.0827. The molecule has 1 aromatic heterocycles. The van der Waals surface area contributed by atoms with Crippen LogP contribution in [0.2, 0.25) is 0 Å². The second kappa shape index (κ2) is 12.9. The highest BCUT2D eigenvalue weighted by Gasteiger charge is 2.08. The summed E-state index contributed by atoms with van der Waals surface area (Å²) >= 11 is 0. The number of ether oxygens (including phenoxy) is 1. The number of aliphatic imine (C=N–C) groups is 1. The van der Waals surface area contributed by atoms with Gasteiger partial charge in [0.25, 0.3) is 5.91 Å². The first-order chi connectivity index (χ1) is 13.1. The van der Waals surface area contributed by atoms with Crippen LogP contribution >= 0.6 is 24.0 Å². The number of carbonyl (C=O) groups excluding carboxylic acids is 1. The Labute approximate surface area is 183 Å². The Morgan fingerprint density at radius 3 is 2.64 bits per heavy atom. The van der Waals surface area contributed by atoms with Crippen molar-refractivity contribution in [3.63, 3.8) is 0 Å². The SMILES string of the molecule is CN=C(NCCOc1cccnc1)NCCc1cccc(C(=O)N(C)C)c1.I. The van der Waals surface area contributed by atoms with Gasteiger partial charge in [-0.25, -0.2) is 0 Å². The predicted octanol–water partition coefficient (Wildman–Crippen LogP) is 2.19. The Morgan fingerprint density at radius 2 is 1.96 bits per heavy atom. The lowest BCUT2D eigenvalue weighted by Gasteiger charge is -2.13. The van der Waals surface area contributed by atoms with Gasteiger partial charge in [-0.15, -0.1) is 24.0 Å². The zero-order chi connectivity index (χ0) is 19.5. The number of hydrogen-bond donors (Lipinski definition) is 2. The van der Waals surface area contributed by atoms with Gasteiger partial charge in [-0.1, -0.05) is 12.1 Å². The van der Waals surface area contributed by atoms with Crippen LogP contribution in [0, 0.1) is 0 Å². The average molecular weight is 497 g/mol. The first kappa shape index (κ1) is 23.7. The number of guanidine groups is 1. The standard InChI is InChI=1S/C20H27N5O2.HI/c1-21-20(24-12-13-27-18-8-5-10-22-15-18)23-11-9-16-6-4-7-17(14-16)19(26)25(2)3;/h4-8,10,14-15H,9,11-13H2,1-3H3,(H2,21,23,24);1H. The summed E-state index contributed by atoms with van der Waals surface area (Å²) < 4.78 is 5.59. The molecule has 1 amide bonds. The fraction of sp³-hybridized carbons (Fsp3) is 0.350. The summed E-state index contributed by atoms with van der Waals surface area (Å²) in [5.74, 6) is 1.47. The van der Waals surface area contributed by atoms with Gasteiger partial charge in [0.05, 0.1) is 12.7 Å². The van der Waals surface area contributed by atoms with Crippen molar-refractivity contribution >= 4 is 35.8 Å². The molecule has 0 unspecified atom stereocenters. The maximum Gasteiger partial charge on any atom is 0.253 e. The molecule has 0 saturated heterocycles. The van der Waals surface area contributed by atoms with Crippen LogP contribution < -0.4 is 15.4 Å². The molecule has 7 nitrogen and oxygen atoms in total. The van der Waals surface area contributed by atoms with Crippen molar-refractivity contribution in [1.29, 1.82) is 0 Å². The Balaban J connectivity index is 0.00000392. The molecule has 0 fully saturated rings. The summed E-state index contributed by atoms with van der Waals surface area (Å²) in [6.45, 7) is 1.85. The number of halogens is 1. The van der Waals surface area contributed by atoms with Crippen LogP contribution in [0.4, 0.5) is 0 Å². The van der Waals surface area contributed by atoms with E-state index in [2.05, 4.69) is 20.6 Å². The molecule has 152 valence electrons. The monoisotopic (exact) mass is 497 g/mol. The van der Waals surface area contributed by atoms with Gasteiger partial charge in [-0.05, 0) is 36.2 Å². The van der Waals surface area contributed by atoms with Gasteiger partial charge in [0.15, 0.2) is 5.96 Å². The molecular weight excluding hydrogens is 469 g/mol. The van der Waals surface area contributed by atoms with Gasteiger partial charge in [0.2, 0.25) is 0 Å². The summed E-state index contributed by atoms with van der Waals surface area (Å²) in [7, 11) is 5.24. The van der Waals surface area contributed by atoms with Gasteiger partial charge in [-0.3, -0.25) is 14.8 Å². The van der Waals surface area contributed by atoms with Gasteiger partial charge in [0.1, 0.15) is 12.4 Å². The van der Waals surface area contributed by atoms with E-state index in [0.29, 0.717) is 31.2 Å². The molecule has 2 aromatic rings. The highest BCUT2D eigenvalue weighted by molar-refractivity contribution is 14.0. The Hall–Kier alpha value is -2.36. The second-order valence-corrected chi connectivity index (χ2v) is 6.11. The first-order valence-electron chi connectivity index (χ1n) is 8.88. The molecule has 1 aromatic carbocycles. The number of rotatable bonds is 8. The number of aromatic nitrogens is 1. The van der Waals surface area contributed by atoms with Crippen molar-refractivity contribution in [1.82, 2.24) is 20.5 Å². The minimum Gasteiger partial charge on any atom is -0.490 e. The van der Waals surface area contributed by atoms with Crippen molar-refractivity contribution in [3.8, 4) is 5.75 Å². The van der Waals surface area contributed by atoms with E-state index >= 15 is 0 Å². The van der Waals surface area contributed by atoms with E-state index in [9.17, 15) is 4.79 Å². The highest BCUT2D eigenvalue weighted by atomic mass is 127. The van der Waals surface area contributed by atoms with E-state index in [4.69, 9.17) is 4.74 Å². The van der Waals surface area contributed by atoms with Crippen LogP contribution in [-0.4, -0.2) is 62.6 Å². The maximum atomic E-state index is 12.0. The molecule has 0 aliphatic carbocycles. The molecule has 28 heavy (non-hydrogen) atoms. The van der Waals surface area contributed by atoms with Crippen molar-refractivity contribution in [2.75, 3.05) is 40.8 Å². The van der Waals surface area contributed by atoms with E-state index in [-0.39, 0.29) is 29.9 Å². The Bertz CT molecular complexity index is 753. The highest BCUT2D eigenvalue weighted by Crippen LogP contribution is 2.08. The van der Waals surface area contributed by atoms with Crippen LogP contribution in [0.15, 0.2) is 53.8 Å². The van der Waals surface area contributed by atoms with E-state index in [0.717, 1.165) is 17.7 Å². The molecule has 0 aliphatic rings. The fourth-order valence-electron chi connectivity index (χ4n) is 2.43. The van der Waals surface area contributed by atoms with Crippen molar-refractivity contribution in [3.05, 3.63) is 59.9 Å². The Morgan fingerprint density at radius 1 is 1.18 bits per heavy atom. The number of pyridine rings is 1. The largest absolute Gasteiger partial charge is 0.490 e. The predicted molar refractivity (Wildman–Crippen MR) is 123 cm³/mol. The summed E-state index contributed by atoms with van der Waals surface area (Å²) in [4.78, 5) is 21.8. The second-order valence-electron chi connectivity index (χ2n) is 6.11. The number of hydrogen-bond acceptors (Lipinski definition) is 4. The van der Waals surface area contributed by atoms with Crippen LogP contribution in [0.5, 0.6) is 5.75 Å². The van der Waals surface area contributed by atoms with E-state index in [1.165, 1.54) is 0 Å². The van der Waals surface area contributed by atoms with E-state index in [1.54, 1.807) is 38.4 Å². The molecule has 1 heterocycles. The van der Waals surface area contributed by atoms with Crippen molar-refractivity contribution < 1.29 is 9.53 Å². The zero-order valence-electron chi connectivity index (χ0n) is 16.5. The van der Waals surface area contributed by atoms with Crippen LogP contribution in [-0.2, 0) is 6.42 Å². The molecule has 0 spiro atoms.